The van der Waals surface area contributed by atoms with Crippen molar-refractivity contribution < 1.29 is 18.8 Å². The fraction of sp³-hybridized carbons (Fsp3) is 0.300. The topological polar surface area (TPSA) is 69.4 Å². The fourth-order valence-electron chi connectivity index (χ4n) is 1.36. The van der Waals surface area contributed by atoms with Crippen LogP contribution in [0.2, 0.25) is 0 Å². The molecule has 0 atom stereocenters. The van der Waals surface area contributed by atoms with E-state index in [-0.39, 0.29) is 17.9 Å². The van der Waals surface area contributed by atoms with E-state index in [4.69, 9.17) is 11.6 Å². The number of methoxy groups -OCH3 is 1. The summed E-state index contributed by atoms with van der Waals surface area (Å²) in [6, 6.07) is 2.30. The molecule has 1 aromatic rings. The number of ether oxygens (including phenoxy) is 1. The lowest BCUT2D eigenvalue weighted by Gasteiger charge is -2.05. The third kappa shape index (κ3) is 3.13. The van der Waals surface area contributed by atoms with Crippen molar-refractivity contribution in [1.29, 1.82) is 0 Å². The van der Waals surface area contributed by atoms with Gasteiger partial charge in [0.25, 0.3) is 0 Å². The van der Waals surface area contributed by atoms with Crippen LogP contribution in [0.15, 0.2) is 12.1 Å². The number of rotatable bonds is 4. The molecular formula is C10H9ClFNO4. The van der Waals surface area contributed by atoms with E-state index in [0.29, 0.717) is 5.56 Å². The minimum atomic E-state index is -1.01. The number of nitro groups is 1. The van der Waals surface area contributed by atoms with Gasteiger partial charge in [-0.3, -0.25) is 14.9 Å². The molecule has 0 amide bonds. The van der Waals surface area contributed by atoms with Gasteiger partial charge in [0, 0.05) is 11.4 Å². The van der Waals surface area contributed by atoms with Gasteiger partial charge >= 0.3 is 11.7 Å². The zero-order valence-electron chi connectivity index (χ0n) is 8.91. The second-order valence-electron chi connectivity index (χ2n) is 3.23. The van der Waals surface area contributed by atoms with E-state index < -0.39 is 22.4 Å². The van der Waals surface area contributed by atoms with Crippen LogP contribution in [0.5, 0.6) is 0 Å². The Morgan fingerprint density at radius 2 is 2.24 bits per heavy atom. The van der Waals surface area contributed by atoms with E-state index in [2.05, 4.69) is 4.74 Å². The molecule has 0 saturated heterocycles. The highest BCUT2D eigenvalue weighted by Crippen LogP contribution is 2.26. The Morgan fingerprint density at radius 1 is 1.59 bits per heavy atom. The first kappa shape index (κ1) is 13.4. The van der Waals surface area contributed by atoms with Gasteiger partial charge in [-0.1, -0.05) is 0 Å². The largest absolute Gasteiger partial charge is 0.469 e. The fourth-order valence-corrected chi connectivity index (χ4v) is 1.52. The van der Waals surface area contributed by atoms with Crippen LogP contribution in [-0.2, 0) is 21.8 Å². The van der Waals surface area contributed by atoms with Crippen molar-refractivity contribution in [2.75, 3.05) is 7.11 Å². The average molecular weight is 262 g/mol. The Labute approximate surface area is 101 Å². The molecule has 1 rings (SSSR count). The minimum absolute atomic E-state index is 0.00306. The number of carbonyl (C=O) groups excluding carboxylic acids is 1. The summed E-state index contributed by atoms with van der Waals surface area (Å²) in [5.41, 5.74) is -0.393. The second-order valence-corrected chi connectivity index (χ2v) is 3.50. The SMILES string of the molecule is COC(=O)Cc1cc(CCl)cc(F)c1[N+](=O)[O-]. The predicted molar refractivity (Wildman–Crippen MR) is 58.3 cm³/mol. The molecule has 0 spiro atoms. The maximum absolute atomic E-state index is 13.5. The minimum Gasteiger partial charge on any atom is -0.469 e. The lowest BCUT2D eigenvalue weighted by atomic mass is 10.1. The summed E-state index contributed by atoms with van der Waals surface area (Å²) in [6.45, 7) is 0. The van der Waals surface area contributed by atoms with Gasteiger partial charge in [0.15, 0.2) is 0 Å². The number of hydrogen-bond acceptors (Lipinski definition) is 4. The predicted octanol–water partition coefficient (Wildman–Crippen LogP) is 2.19. The summed E-state index contributed by atoms with van der Waals surface area (Å²) < 4.78 is 17.8. The van der Waals surface area contributed by atoms with Crippen molar-refractivity contribution in [3.05, 3.63) is 39.2 Å². The Balaban J connectivity index is 3.27. The molecule has 92 valence electrons. The van der Waals surface area contributed by atoms with E-state index in [1.54, 1.807) is 0 Å². The van der Waals surface area contributed by atoms with Gasteiger partial charge in [-0.05, 0) is 17.7 Å². The van der Waals surface area contributed by atoms with Crippen molar-refractivity contribution in [1.82, 2.24) is 0 Å². The van der Waals surface area contributed by atoms with E-state index >= 15 is 0 Å². The molecule has 0 bridgehead atoms. The molecule has 0 aliphatic carbocycles. The van der Waals surface area contributed by atoms with Gasteiger partial charge in [0.05, 0.1) is 18.5 Å². The third-order valence-electron chi connectivity index (χ3n) is 2.10. The van der Waals surface area contributed by atoms with Crippen LogP contribution in [-0.4, -0.2) is 18.0 Å². The molecule has 7 heteroatoms. The molecule has 0 aliphatic heterocycles. The van der Waals surface area contributed by atoms with Crippen LogP contribution in [0, 0.1) is 15.9 Å². The van der Waals surface area contributed by atoms with E-state index in [1.807, 2.05) is 0 Å². The second kappa shape index (κ2) is 5.58. The van der Waals surface area contributed by atoms with Gasteiger partial charge in [-0.2, -0.15) is 4.39 Å². The van der Waals surface area contributed by atoms with Crippen LogP contribution < -0.4 is 0 Å². The molecule has 0 radical (unpaired) electrons. The van der Waals surface area contributed by atoms with Crippen molar-refractivity contribution in [3.63, 3.8) is 0 Å². The van der Waals surface area contributed by atoms with E-state index in [1.165, 1.54) is 6.07 Å². The van der Waals surface area contributed by atoms with E-state index in [0.717, 1.165) is 13.2 Å². The zero-order valence-corrected chi connectivity index (χ0v) is 9.66. The average Bonchev–Trinajstić information content (AvgIpc) is 2.27. The quantitative estimate of drug-likeness (QED) is 0.360. The van der Waals surface area contributed by atoms with Gasteiger partial charge < -0.3 is 4.74 Å². The number of nitrogens with zero attached hydrogens (tertiary/aromatic N) is 1. The Kier molecular flexibility index (Phi) is 4.39. The molecule has 0 unspecified atom stereocenters. The third-order valence-corrected chi connectivity index (χ3v) is 2.41. The summed E-state index contributed by atoms with van der Waals surface area (Å²) in [5.74, 6) is -1.69. The smallest absolute Gasteiger partial charge is 0.310 e. The zero-order chi connectivity index (χ0) is 13.0. The molecule has 17 heavy (non-hydrogen) atoms. The highest BCUT2D eigenvalue weighted by atomic mass is 35.5. The summed E-state index contributed by atoms with van der Waals surface area (Å²) in [6.07, 6.45) is -0.367. The summed E-state index contributed by atoms with van der Waals surface area (Å²) in [5, 5.41) is 10.7. The Bertz CT molecular complexity index is 464. The number of halogens is 2. The first-order chi connectivity index (χ1) is 7.99. The van der Waals surface area contributed by atoms with Crippen LogP contribution in [0.1, 0.15) is 11.1 Å². The molecule has 0 saturated carbocycles. The number of hydrogen-bond donors (Lipinski definition) is 0. The summed E-state index contributed by atoms with van der Waals surface area (Å²) >= 11 is 5.52. The van der Waals surface area contributed by atoms with Crippen molar-refractivity contribution in [2.24, 2.45) is 0 Å². The lowest BCUT2D eigenvalue weighted by molar-refractivity contribution is -0.388. The molecule has 0 aliphatic rings. The normalized spacial score (nSPS) is 10.1. The van der Waals surface area contributed by atoms with Crippen LogP contribution in [0.4, 0.5) is 10.1 Å². The maximum Gasteiger partial charge on any atom is 0.310 e. The number of benzene rings is 1. The molecule has 5 nitrogen and oxygen atoms in total. The maximum atomic E-state index is 13.5. The lowest BCUT2D eigenvalue weighted by Crippen LogP contribution is -2.08. The molecule has 0 N–H and O–H groups in total. The first-order valence-corrected chi connectivity index (χ1v) is 5.11. The van der Waals surface area contributed by atoms with Crippen molar-refractivity contribution in [2.45, 2.75) is 12.3 Å². The summed E-state index contributed by atoms with van der Waals surface area (Å²) in [7, 11) is 1.15. The standard InChI is InChI=1S/C10H9ClFNO4/c1-17-9(14)4-7-2-6(5-11)3-8(12)10(7)13(15)16/h2-3H,4-5H2,1H3. The molecule has 0 aromatic heterocycles. The van der Waals surface area contributed by atoms with Gasteiger partial charge in [0.1, 0.15) is 0 Å². The highest BCUT2D eigenvalue weighted by Gasteiger charge is 2.23. The Hall–Kier alpha value is -1.69. The molecule has 0 heterocycles. The van der Waals surface area contributed by atoms with Gasteiger partial charge in [-0.25, -0.2) is 0 Å². The number of nitro benzene ring substituents is 1. The summed E-state index contributed by atoms with van der Waals surface area (Å²) in [4.78, 5) is 20.9. The molecule has 0 fully saturated rings. The van der Waals surface area contributed by atoms with Gasteiger partial charge in [-0.15, -0.1) is 11.6 Å². The van der Waals surface area contributed by atoms with Crippen LogP contribution in [0.25, 0.3) is 0 Å². The number of carbonyl (C=O) groups is 1. The van der Waals surface area contributed by atoms with Gasteiger partial charge in [0.2, 0.25) is 5.82 Å². The van der Waals surface area contributed by atoms with Crippen LogP contribution in [0.3, 0.4) is 0 Å². The van der Waals surface area contributed by atoms with Crippen molar-refractivity contribution >= 4 is 23.3 Å². The van der Waals surface area contributed by atoms with E-state index in [9.17, 15) is 19.3 Å². The monoisotopic (exact) mass is 261 g/mol. The highest BCUT2D eigenvalue weighted by molar-refractivity contribution is 6.17. The first-order valence-electron chi connectivity index (χ1n) is 4.58. The number of alkyl halides is 1. The van der Waals surface area contributed by atoms with Crippen LogP contribution >= 0.6 is 11.6 Å². The Morgan fingerprint density at radius 3 is 2.71 bits per heavy atom. The molecule has 1 aromatic carbocycles. The number of esters is 1. The molecular weight excluding hydrogens is 253 g/mol. The van der Waals surface area contributed by atoms with Crippen molar-refractivity contribution in [3.8, 4) is 0 Å².